The second-order valence-corrected chi connectivity index (χ2v) is 5.91. The molecule has 0 saturated heterocycles. The first-order valence-corrected chi connectivity index (χ1v) is 7.11. The number of hydrogen-bond donors (Lipinski definition) is 0. The zero-order valence-corrected chi connectivity index (χ0v) is 11.2. The van der Waals surface area contributed by atoms with Crippen molar-refractivity contribution in [1.82, 2.24) is 0 Å². The van der Waals surface area contributed by atoms with Crippen LogP contribution in [0.3, 0.4) is 0 Å². The van der Waals surface area contributed by atoms with Gasteiger partial charge in [0.2, 0.25) is 0 Å². The van der Waals surface area contributed by atoms with Gasteiger partial charge in [-0.15, -0.1) is 0 Å². The van der Waals surface area contributed by atoms with Gasteiger partial charge < -0.3 is 9.47 Å². The monoisotopic (exact) mass is 269 g/mol. The van der Waals surface area contributed by atoms with Crippen molar-refractivity contribution in [2.75, 3.05) is 26.6 Å². The molecular weight excluding hydrogens is 254 g/mol. The Hall–Kier alpha value is -1.58. The molecule has 98 valence electrons. The summed E-state index contributed by atoms with van der Waals surface area (Å²) in [5.41, 5.74) is 0.903. The minimum atomic E-state index is -3.27. The predicted octanol–water partition coefficient (Wildman–Crippen LogP) is 1.13. The minimum absolute atomic E-state index is 0.0521. The number of rotatable bonds is 6. The Balaban J connectivity index is 2.99. The highest BCUT2D eigenvalue weighted by Crippen LogP contribution is 2.22. The zero-order valence-electron chi connectivity index (χ0n) is 10.3. The van der Waals surface area contributed by atoms with Gasteiger partial charge >= 0.3 is 0 Å². The molecule has 1 aromatic rings. The lowest BCUT2D eigenvalue weighted by Gasteiger charge is -2.09. The van der Waals surface area contributed by atoms with E-state index in [1.807, 2.05) is 6.07 Å². The third-order valence-electron chi connectivity index (χ3n) is 2.38. The SMILES string of the molecule is COCCS(=O)(=O)Cc1cc(C#N)ccc1OC. The molecule has 0 atom stereocenters. The summed E-state index contributed by atoms with van der Waals surface area (Å²) in [6.45, 7) is 0.155. The minimum Gasteiger partial charge on any atom is -0.496 e. The van der Waals surface area contributed by atoms with Crippen molar-refractivity contribution >= 4 is 9.84 Å². The van der Waals surface area contributed by atoms with Gasteiger partial charge in [-0.1, -0.05) is 0 Å². The highest BCUT2D eigenvalue weighted by atomic mass is 32.2. The van der Waals surface area contributed by atoms with Gasteiger partial charge in [0.1, 0.15) is 5.75 Å². The molecule has 0 unspecified atom stereocenters. The van der Waals surface area contributed by atoms with Crippen LogP contribution in [0.15, 0.2) is 18.2 Å². The van der Waals surface area contributed by atoms with Crippen LogP contribution in [0.2, 0.25) is 0 Å². The second kappa shape index (κ2) is 6.38. The van der Waals surface area contributed by atoms with Crippen molar-refractivity contribution in [3.8, 4) is 11.8 Å². The fourth-order valence-electron chi connectivity index (χ4n) is 1.48. The molecule has 0 aliphatic rings. The highest BCUT2D eigenvalue weighted by molar-refractivity contribution is 7.90. The Bertz CT molecular complexity index is 546. The predicted molar refractivity (Wildman–Crippen MR) is 67.1 cm³/mol. The number of nitriles is 1. The molecule has 0 aliphatic carbocycles. The number of benzene rings is 1. The Morgan fingerprint density at radius 3 is 2.61 bits per heavy atom. The van der Waals surface area contributed by atoms with E-state index < -0.39 is 9.84 Å². The molecule has 5 nitrogen and oxygen atoms in total. The van der Waals surface area contributed by atoms with Crippen molar-refractivity contribution in [3.05, 3.63) is 29.3 Å². The van der Waals surface area contributed by atoms with Crippen LogP contribution >= 0.6 is 0 Å². The third kappa shape index (κ3) is 4.02. The number of ether oxygens (including phenoxy) is 2. The average Bonchev–Trinajstić information content (AvgIpc) is 2.36. The van der Waals surface area contributed by atoms with E-state index in [1.165, 1.54) is 20.3 Å². The molecule has 1 rings (SSSR count). The summed E-state index contributed by atoms with van der Waals surface area (Å²) in [7, 11) is -0.353. The first-order valence-electron chi connectivity index (χ1n) is 5.29. The van der Waals surface area contributed by atoms with Crippen molar-refractivity contribution in [2.45, 2.75) is 5.75 Å². The normalized spacial score (nSPS) is 10.9. The first kappa shape index (κ1) is 14.5. The van der Waals surface area contributed by atoms with Gasteiger partial charge in [-0.3, -0.25) is 0 Å². The van der Waals surface area contributed by atoms with Crippen molar-refractivity contribution in [1.29, 1.82) is 5.26 Å². The van der Waals surface area contributed by atoms with E-state index >= 15 is 0 Å². The molecule has 6 heteroatoms. The topological polar surface area (TPSA) is 76.4 Å². The van der Waals surface area contributed by atoms with Crippen LogP contribution < -0.4 is 4.74 Å². The summed E-state index contributed by atoms with van der Waals surface area (Å²) in [5, 5.41) is 8.81. The summed E-state index contributed by atoms with van der Waals surface area (Å²) in [6.07, 6.45) is 0. The molecule has 0 amide bonds. The van der Waals surface area contributed by atoms with Gasteiger partial charge in [0.15, 0.2) is 9.84 Å². The molecule has 1 aromatic carbocycles. The smallest absolute Gasteiger partial charge is 0.156 e. The fraction of sp³-hybridized carbons (Fsp3) is 0.417. The Kier molecular flexibility index (Phi) is 5.13. The Morgan fingerprint density at radius 2 is 2.06 bits per heavy atom. The van der Waals surface area contributed by atoms with Gasteiger partial charge in [0.25, 0.3) is 0 Å². The third-order valence-corrected chi connectivity index (χ3v) is 3.92. The maximum Gasteiger partial charge on any atom is 0.156 e. The first-order chi connectivity index (χ1) is 8.52. The molecule has 0 spiro atoms. The van der Waals surface area contributed by atoms with E-state index in [4.69, 9.17) is 14.7 Å². The molecule has 0 fully saturated rings. The van der Waals surface area contributed by atoms with Crippen LogP contribution in [0.1, 0.15) is 11.1 Å². The Labute approximate surface area is 107 Å². The summed E-state index contributed by atoms with van der Waals surface area (Å²) in [5.74, 6) is 0.258. The molecule has 0 heterocycles. The Morgan fingerprint density at radius 1 is 1.33 bits per heavy atom. The van der Waals surface area contributed by atoms with Crippen molar-refractivity contribution in [3.63, 3.8) is 0 Å². The summed E-state index contributed by atoms with van der Waals surface area (Å²) < 4.78 is 33.5. The van der Waals surface area contributed by atoms with Gasteiger partial charge in [-0.05, 0) is 18.2 Å². The van der Waals surface area contributed by atoms with Crippen molar-refractivity contribution in [2.24, 2.45) is 0 Å². The summed E-state index contributed by atoms with van der Waals surface area (Å²) in [6, 6.07) is 6.69. The molecule has 18 heavy (non-hydrogen) atoms. The number of sulfone groups is 1. The van der Waals surface area contributed by atoms with E-state index in [-0.39, 0.29) is 18.1 Å². The van der Waals surface area contributed by atoms with Crippen LogP contribution in [0, 0.1) is 11.3 Å². The van der Waals surface area contributed by atoms with Gasteiger partial charge in [-0.2, -0.15) is 5.26 Å². The molecule has 0 aromatic heterocycles. The van der Waals surface area contributed by atoms with Crippen LogP contribution in [-0.4, -0.2) is 35.0 Å². The number of hydrogen-bond acceptors (Lipinski definition) is 5. The van der Waals surface area contributed by atoms with Crippen LogP contribution in [0.25, 0.3) is 0 Å². The van der Waals surface area contributed by atoms with Gasteiger partial charge in [-0.25, -0.2) is 8.42 Å². The fourth-order valence-corrected chi connectivity index (χ4v) is 2.74. The zero-order chi connectivity index (χ0) is 13.6. The van der Waals surface area contributed by atoms with E-state index in [9.17, 15) is 8.42 Å². The molecule has 0 saturated carbocycles. The van der Waals surface area contributed by atoms with E-state index in [0.29, 0.717) is 16.9 Å². The van der Waals surface area contributed by atoms with Crippen LogP contribution in [0.5, 0.6) is 5.75 Å². The lowest BCUT2D eigenvalue weighted by atomic mass is 10.1. The summed E-state index contributed by atoms with van der Waals surface area (Å²) >= 11 is 0. The average molecular weight is 269 g/mol. The largest absolute Gasteiger partial charge is 0.496 e. The number of methoxy groups -OCH3 is 2. The molecule has 0 aliphatic heterocycles. The quantitative estimate of drug-likeness (QED) is 0.773. The molecule has 0 bridgehead atoms. The van der Waals surface area contributed by atoms with Gasteiger partial charge in [0, 0.05) is 12.7 Å². The standard InChI is InChI=1S/C12H15NO4S/c1-16-5-6-18(14,15)9-11-7-10(8-13)3-4-12(11)17-2/h3-4,7H,5-6,9H2,1-2H3. The second-order valence-electron chi connectivity index (χ2n) is 3.72. The van der Waals surface area contributed by atoms with Gasteiger partial charge in [0.05, 0.1) is 36.9 Å². The summed E-state index contributed by atoms with van der Waals surface area (Å²) in [4.78, 5) is 0. The number of nitrogens with zero attached hydrogens (tertiary/aromatic N) is 1. The van der Waals surface area contributed by atoms with E-state index in [1.54, 1.807) is 12.1 Å². The molecular formula is C12H15NO4S. The molecule has 0 N–H and O–H groups in total. The maximum absolute atomic E-state index is 11.8. The maximum atomic E-state index is 11.8. The van der Waals surface area contributed by atoms with E-state index in [0.717, 1.165) is 0 Å². The molecule has 0 radical (unpaired) electrons. The lowest BCUT2D eigenvalue weighted by Crippen LogP contribution is -2.14. The van der Waals surface area contributed by atoms with Crippen molar-refractivity contribution < 1.29 is 17.9 Å². The van der Waals surface area contributed by atoms with Crippen LogP contribution in [-0.2, 0) is 20.3 Å². The van der Waals surface area contributed by atoms with E-state index in [2.05, 4.69) is 0 Å². The highest BCUT2D eigenvalue weighted by Gasteiger charge is 2.15. The van der Waals surface area contributed by atoms with Crippen LogP contribution in [0.4, 0.5) is 0 Å². The lowest BCUT2D eigenvalue weighted by molar-refractivity contribution is 0.217.